The molecule has 19 heavy (non-hydrogen) atoms. The van der Waals surface area contributed by atoms with Crippen LogP contribution in [0.3, 0.4) is 0 Å². The molecule has 0 aliphatic carbocycles. The van der Waals surface area contributed by atoms with Gasteiger partial charge < -0.3 is 10.6 Å². The fourth-order valence-corrected chi connectivity index (χ4v) is 3.34. The standard InChI is InChI=1S/C13H20N4S2/c1-4-9(8-18-3)15-11-10-6-7-19-12(10)17-13(16-11)14-5-2/h6-7,9H,4-5,8H2,1-3H3,(H2,14,15,16,17). The van der Waals surface area contributed by atoms with Gasteiger partial charge in [0.15, 0.2) is 0 Å². The molecule has 2 rings (SSSR count). The quantitative estimate of drug-likeness (QED) is 0.816. The van der Waals surface area contributed by atoms with E-state index in [4.69, 9.17) is 0 Å². The molecule has 0 spiro atoms. The Kier molecular flexibility index (Phi) is 5.27. The maximum absolute atomic E-state index is 4.60. The van der Waals surface area contributed by atoms with Crippen LogP contribution in [0, 0.1) is 0 Å². The molecule has 2 aromatic heterocycles. The normalized spacial score (nSPS) is 12.6. The number of nitrogens with one attached hydrogen (secondary N) is 2. The molecular formula is C13H20N4S2. The molecule has 2 N–H and O–H groups in total. The highest BCUT2D eigenvalue weighted by Gasteiger charge is 2.12. The Labute approximate surface area is 122 Å². The Morgan fingerprint density at radius 2 is 2.21 bits per heavy atom. The second-order valence-electron chi connectivity index (χ2n) is 4.27. The van der Waals surface area contributed by atoms with E-state index < -0.39 is 0 Å². The predicted molar refractivity (Wildman–Crippen MR) is 87.7 cm³/mol. The van der Waals surface area contributed by atoms with E-state index in [2.05, 4.69) is 52.2 Å². The van der Waals surface area contributed by atoms with Gasteiger partial charge in [-0.05, 0) is 31.0 Å². The Morgan fingerprint density at radius 1 is 1.37 bits per heavy atom. The lowest BCUT2D eigenvalue weighted by atomic mass is 10.2. The first-order valence-corrected chi connectivity index (χ1v) is 8.80. The topological polar surface area (TPSA) is 49.8 Å². The molecule has 0 aliphatic rings. The summed E-state index contributed by atoms with van der Waals surface area (Å²) in [4.78, 5) is 10.1. The predicted octanol–water partition coefficient (Wildman–Crippen LogP) is 3.68. The number of aromatic nitrogens is 2. The van der Waals surface area contributed by atoms with E-state index in [1.807, 2.05) is 11.8 Å². The Morgan fingerprint density at radius 3 is 2.89 bits per heavy atom. The molecule has 0 radical (unpaired) electrons. The van der Waals surface area contributed by atoms with Crippen molar-refractivity contribution < 1.29 is 0 Å². The second-order valence-corrected chi connectivity index (χ2v) is 6.08. The molecule has 0 bridgehead atoms. The molecule has 2 aromatic rings. The van der Waals surface area contributed by atoms with Gasteiger partial charge in [-0.3, -0.25) is 0 Å². The summed E-state index contributed by atoms with van der Waals surface area (Å²) in [6, 6.07) is 2.53. The molecule has 4 nitrogen and oxygen atoms in total. The number of hydrogen-bond acceptors (Lipinski definition) is 6. The van der Waals surface area contributed by atoms with Crippen molar-refractivity contribution in [2.75, 3.05) is 29.2 Å². The fraction of sp³-hybridized carbons (Fsp3) is 0.538. The van der Waals surface area contributed by atoms with Crippen LogP contribution in [-0.2, 0) is 0 Å². The maximum atomic E-state index is 4.60. The van der Waals surface area contributed by atoms with Crippen molar-refractivity contribution >= 4 is 45.1 Å². The van der Waals surface area contributed by atoms with Crippen LogP contribution in [0.2, 0.25) is 0 Å². The van der Waals surface area contributed by atoms with Crippen LogP contribution in [0.15, 0.2) is 11.4 Å². The van der Waals surface area contributed by atoms with E-state index in [1.165, 1.54) is 0 Å². The van der Waals surface area contributed by atoms with Gasteiger partial charge in [-0.25, -0.2) is 4.98 Å². The summed E-state index contributed by atoms with van der Waals surface area (Å²) in [7, 11) is 0. The average Bonchev–Trinajstić information content (AvgIpc) is 2.87. The Hall–Kier alpha value is -1.01. The van der Waals surface area contributed by atoms with E-state index in [0.29, 0.717) is 12.0 Å². The molecule has 0 saturated carbocycles. The first kappa shape index (κ1) is 14.4. The van der Waals surface area contributed by atoms with Crippen molar-refractivity contribution in [3.63, 3.8) is 0 Å². The van der Waals surface area contributed by atoms with Crippen LogP contribution < -0.4 is 10.6 Å². The molecule has 6 heteroatoms. The summed E-state index contributed by atoms with van der Waals surface area (Å²) in [5.74, 6) is 2.74. The number of fused-ring (bicyclic) bond motifs is 1. The van der Waals surface area contributed by atoms with Gasteiger partial charge in [0.1, 0.15) is 10.6 Å². The van der Waals surface area contributed by atoms with Gasteiger partial charge in [0.2, 0.25) is 5.95 Å². The van der Waals surface area contributed by atoms with Crippen molar-refractivity contribution in [2.24, 2.45) is 0 Å². The van der Waals surface area contributed by atoms with Crippen molar-refractivity contribution in [1.82, 2.24) is 9.97 Å². The number of rotatable bonds is 7. The molecule has 0 saturated heterocycles. The van der Waals surface area contributed by atoms with Crippen LogP contribution in [0.5, 0.6) is 0 Å². The Bertz CT molecular complexity index is 526. The third kappa shape index (κ3) is 3.51. The highest BCUT2D eigenvalue weighted by atomic mass is 32.2. The molecule has 1 unspecified atom stereocenters. The third-order valence-electron chi connectivity index (χ3n) is 2.86. The zero-order chi connectivity index (χ0) is 13.7. The monoisotopic (exact) mass is 296 g/mol. The van der Waals surface area contributed by atoms with Gasteiger partial charge in [-0.1, -0.05) is 6.92 Å². The lowest BCUT2D eigenvalue weighted by molar-refractivity contribution is 0.771. The number of thiophene rings is 1. The third-order valence-corrected chi connectivity index (χ3v) is 4.40. The molecule has 1 atom stereocenters. The van der Waals surface area contributed by atoms with E-state index in [-0.39, 0.29) is 0 Å². The minimum Gasteiger partial charge on any atom is -0.366 e. The highest BCUT2D eigenvalue weighted by molar-refractivity contribution is 7.98. The van der Waals surface area contributed by atoms with Crippen molar-refractivity contribution in [1.29, 1.82) is 0 Å². The first-order chi connectivity index (χ1) is 9.28. The zero-order valence-corrected chi connectivity index (χ0v) is 13.2. The maximum Gasteiger partial charge on any atom is 0.226 e. The number of nitrogens with zero attached hydrogens (tertiary/aromatic N) is 2. The van der Waals surface area contributed by atoms with Crippen molar-refractivity contribution in [3.8, 4) is 0 Å². The molecular weight excluding hydrogens is 276 g/mol. The summed E-state index contributed by atoms with van der Waals surface area (Å²) in [5.41, 5.74) is 0. The molecule has 2 heterocycles. The molecule has 0 aliphatic heterocycles. The molecule has 0 aromatic carbocycles. The molecule has 0 fully saturated rings. The zero-order valence-electron chi connectivity index (χ0n) is 11.6. The van der Waals surface area contributed by atoms with Gasteiger partial charge in [0.05, 0.1) is 5.39 Å². The van der Waals surface area contributed by atoms with Crippen LogP contribution >= 0.6 is 23.1 Å². The SMILES string of the molecule is CCNc1nc(NC(CC)CSC)c2ccsc2n1. The molecule has 104 valence electrons. The van der Waals surface area contributed by atoms with E-state index in [0.717, 1.165) is 34.8 Å². The van der Waals surface area contributed by atoms with Gasteiger partial charge in [-0.2, -0.15) is 16.7 Å². The van der Waals surface area contributed by atoms with Crippen LogP contribution in [0.25, 0.3) is 10.2 Å². The number of thioether (sulfide) groups is 1. The van der Waals surface area contributed by atoms with E-state index >= 15 is 0 Å². The van der Waals surface area contributed by atoms with Crippen LogP contribution in [0.4, 0.5) is 11.8 Å². The fourth-order valence-electron chi connectivity index (χ4n) is 1.86. The summed E-state index contributed by atoms with van der Waals surface area (Å²) >= 11 is 3.51. The van der Waals surface area contributed by atoms with E-state index in [9.17, 15) is 0 Å². The first-order valence-electron chi connectivity index (χ1n) is 6.53. The van der Waals surface area contributed by atoms with E-state index in [1.54, 1.807) is 11.3 Å². The second kappa shape index (κ2) is 6.96. The lowest BCUT2D eigenvalue weighted by Crippen LogP contribution is -2.22. The van der Waals surface area contributed by atoms with Crippen LogP contribution in [0.1, 0.15) is 20.3 Å². The van der Waals surface area contributed by atoms with Crippen LogP contribution in [-0.4, -0.2) is 34.6 Å². The van der Waals surface area contributed by atoms with Crippen molar-refractivity contribution in [2.45, 2.75) is 26.3 Å². The van der Waals surface area contributed by atoms with Gasteiger partial charge in [0, 0.05) is 18.3 Å². The largest absolute Gasteiger partial charge is 0.366 e. The minimum atomic E-state index is 0.447. The smallest absolute Gasteiger partial charge is 0.226 e. The average molecular weight is 296 g/mol. The summed E-state index contributed by atoms with van der Waals surface area (Å²) in [6.07, 6.45) is 3.22. The summed E-state index contributed by atoms with van der Waals surface area (Å²) < 4.78 is 0. The molecule has 0 amide bonds. The number of anilines is 2. The summed E-state index contributed by atoms with van der Waals surface area (Å²) in [6.45, 7) is 5.08. The van der Waals surface area contributed by atoms with Gasteiger partial charge >= 0.3 is 0 Å². The van der Waals surface area contributed by atoms with Gasteiger partial charge in [-0.15, -0.1) is 11.3 Å². The highest BCUT2D eigenvalue weighted by Crippen LogP contribution is 2.27. The van der Waals surface area contributed by atoms with Gasteiger partial charge in [0.25, 0.3) is 0 Å². The lowest BCUT2D eigenvalue weighted by Gasteiger charge is -2.17. The minimum absolute atomic E-state index is 0.447. The Balaban J connectivity index is 2.31. The van der Waals surface area contributed by atoms with Crippen molar-refractivity contribution in [3.05, 3.63) is 11.4 Å². The number of hydrogen-bond donors (Lipinski definition) is 2. The summed E-state index contributed by atoms with van der Waals surface area (Å²) in [5, 5.41) is 9.93.